The summed E-state index contributed by atoms with van der Waals surface area (Å²) in [6.45, 7) is 1.75. The van der Waals surface area contributed by atoms with Gasteiger partial charge in [0.1, 0.15) is 5.75 Å². The van der Waals surface area contributed by atoms with Gasteiger partial charge in [0.05, 0.1) is 18.1 Å². The molecule has 0 bridgehead atoms. The summed E-state index contributed by atoms with van der Waals surface area (Å²) in [5.74, 6) is 0.948. The van der Waals surface area contributed by atoms with Crippen LogP contribution in [0.3, 0.4) is 0 Å². The number of anilines is 2. The van der Waals surface area contributed by atoms with Gasteiger partial charge < -0.3 is 20.1 Å². The van der Waals surface area contributed by atoms with Crippen LogP contribution in [0.4, 0.5) is 11.6 Å². The van der Waals surface area contributed by atoms with Crippen LogP contribution in [0.1, 0.15) is 18.4 Å². The Morgan fingerprint density at radius 1 is 1.16 bits per heavy atom. The number of hydrogen-bond acceptors (Lipinski definition) is 6. The van der Waals surface area contributed by atoms with E-state index in [4.69, 9.17) is 27.9 Å². The number of carboxylic acid groups (broad SMARTS) is 1. The van der Waals surface area contributed by atoms with Crippen LogP contribution >= 0.6 is 23.2 Å². The van der Waals surface area contributed by atoms with E-state index in [1.54, 1.807) is 7.11 Å². The van der Waals surface area contributed by atoms with Crippen molar-refractivity contribution >= 4 is 51.6 Å². The van der Waals surface area contributed by atoms with E-state index in [0.717, 1.165) is 22.2 Å². The van der Waals surface area contributed by atoms with Crippen LogP contribution in [0.5, 0.6) is 5.75 Å². The topological polar surface area (TPSA) is 87.6 Å². The zero-order chi connectivity index (χ0) is 22.0. The maximum atomic E-state index is 11.3. The van der Waals surface area contributed by atoms with Crippen molar-refractivity contribution in [1.82, 2.24) is 10.2 Å². The molecule has 0 unspecified atom stereocenters. The van der Waals surface area contributed by atoms with Crippen LogP contribution in [-0.4, -0.2) is 41.5 Å². The quantitative estimate of drug-likeness (QED) is 0.542. The van der Waals surface area contributed by atoms with Crippen molar-refractivity contribution in [3.8, 4) is 5.75 Å². The minimum absolute atomic E-state index is 0.304. The molecule has 31 heavy (non-hydrogen) atoms. The zero-order valence-electron chi connectivity index (χ0n) is 16.9. The lowest BCUT2D eigenvalue weighted by Crippen LogP contribution is -2.37. The van der Waals surface area contributed by atoms with Gasteiger partial charge in [-0.15, -0.1) is 10.2 Å². The third-order valence-electron chi connectivity index (χ3n) is 5.54. The lowest BCUT2D eigenvalue weighted by Gasteiger charge is -2.31. The van der Waals surface area contributed by atoms with E-state index >= 15 is 0 Å². The van der Waals surface area contributed by atoms with Crippen LogP contribution < -0.4 is 15.0 Å². The number of nitrogens with zero attached hydrogens (tertiary/aromatic N) is 3. The molecule has 162 valence electrons. The molecule has 0 spiro atoms. The van der Waals surface area contributed by atoms with Gasteiger partial charge in [-0.3, -0.25) is 4.79 Å². The SMILES string of the molecule is COc1ccc(CNc2nnc(N3CCC(C(=O)O)CC3)c3ccc(Cl)cc23)cc1Cl. The summed E-state index contributed by atoms with van der Waals surface area (Å²) in [5, 5.41) is 24.4. The first-order valence-corrected chi connectivity index (χ1v) is 10.7. The van der Waals surface area contributed by atoms with Gasteiger partial charge in [0.25, 0.3) is 0 Å². The molecule has 1 aliphatic heterocycles. The number of fused-ring (bicyclic) bond motifs is 1. The second-order valence-corrected chi connectivity index (χ2v) is 8.33. The highest BCUT2D eigenvalue weighted by Crippen LogP contribution is 2.33. The molecular formula is C22H22Cl2N4O3. The summed E-state index contributed by atoms with van der Waals surface area (Å²) >= 11 is 12.5. The number of methoxy groups -OCH3 is 1. The number of benzene rings is 2. The summed E-state index contributed by atoms with van der Waals surface area (Å²) in [6, 6.07) is 11.2. The lowest BCUT2D eigenvalue weighted by molar-refractivity contribution is -0.142. The molecule has 7 nitrogen and oxygen atoms in total. The Morgan fingerprint density at radius 2 is 1.94 bits per heavy atom. The van der Waals surface area contributed by atoms with Crippen molar-refractivity contribution in [2.75, 3.05) is 30.4 Å². The largest absolute Gasteiger partial charge is 0.495 e. The molecule has 1 aliphatic rings. The first kappa shape index (κ1) is 21.5. The molecule has 0 saturated carbocycles. The number of aromatic nitrogens is 2. The van der Waals surface area contributed by atoms with Gasteiger partial charge in [0.2, 0.25) is 0 Å². The highest BCUT2D eigenvalue weighted by molar-refractivity contribution is 6.32. The van der Waals surface area contributed by atoms with E-state index in [9.17, 15) is 9.90 Å². The number of carbonyl (C=O) groups is 1. The number of nitrogens with one attached hydrogen (secondary N) is 1. The summed E-state index contributed by atoms with van der Waals surface area (Å²) in [4.78, 5) is 13.3. The minimum Gasteiger partial charge on any atom is -0.495 e. The van der Waals surface area contributed by atoms with Crippen LogP contribution in [0, 0.1) is 5.92 Å². The van der Waals surface area contributed by atoms with E-state index in [1.807, 2.05) is 36.4 Å². The van der Waals surface area contributed by atoms with Crippen molar-refractivity contribution in [3.05, 3.63) is 52.0 Å². The number of hydrogen-bond donors (Lipinski definition) is 2. The first-order chi connectivity index (χ1) is 15.0. The molecule has 0 amide bonds. The third kappa shape index (κ3) is 4.62. The number of piperidine rings is 1. The molecule has 3 aromatic rings. The number of aliphatic carboxylic acids is 1. The zero-order valence-corrected chi connectivity index (χ0v) is 18.5. The van der Waals surface area contributed by atoms with Crippen molar-refractivity contribution < 1.29 is 14.6 Å². The van der Waals surface area contributed by atoms with Crippen LogP contribution in [0.15, 0.2) is 36.4 Å². The summed E-state index contributed by atoms with van der Waals surface area (Å²) in [7, 11) is 1.58. The number of rotatable bonds is 6. The molecule has 0 aliphatic carbocycles. The average molecular weight is 461 g/mol. The fourth-order valence-electron chi connectivity index (χ4n) is 3.82. The number of carboxylic acids is 1. The van der Waals surface area contributed by atoms with Crippen LogP contribution in [-0.2, 0) is 11.3 Å². The summed E-state index contributed by atoms with van der Waals surface area (Å²) < 4.78 is 5.20. The van der Waals surface area contributed by atoms with Gasteiger partial charge in [-0.05, 0) is 48.7 Å². The standard InChI is InChI=1S/C22H22Cl2N4O3/c1-31-19-5-2-13(10-18(19)24)12-25-20-17-11-15(23)3-4-16(17)21(27-26-20)28-8-6-14(7-9-28)22(29)30/h2-5,10-11,14H,6-9,12H2,1H3,(H,25,26)(H,29,30). The van der Waals surface area contributed by atoms with E-state index < -0.39 is 5.97 Å². The van der Waals surface area contributed by atoms with E-state index in [-0.39, 0.29) is 5.92 Å². The summed E-state index contributed by atoms with van der Waals surface area (Å²) in [6.07, 6.45) is 1.18. The predicted octanol–water partition coefficient (Wildman–Crippen LogP) is 4.86. The van der Waals surface area contributed by atoms with E-state index in [1.165, 1.54) is 0 Å². The molecular weight excluding hydrogens is 439 g/mol. The van der Waals surface area contributed by atoms with Gasteiger partial charge in [-0.1, -0.05) is 29.3 Å². The van der Waals surface area contributed by atoms with Crippen LogP contribution in [0.2, 0.25) is 10.0 Å². The van der Waals surface area contributed by atoms with E-state index in [2.05, 4.69) is 20.4 Å². The van der Waals surface area contributed by atoms with Gasteiger partial charge >= 0.3 is 5.97 Å². The molecule has 1 saturated heterocycles. The molecule has 2 aromatic carbocycles. The van der Waals surface area contributed by atoms with Crippen molar-refractivity contribution in [2.24, 2.45) is 5.92 Å². The van der Waals surface area contributed by atoms with Gasteiger partial charge in [-0.25, -0.2) is 0 Å². The first-order valence-electron chi connectivity index (χ1n) is 9.96. The number of ether oxygens (including phenoxy) is 1. The number of halogens is 2. The molecule has 2 N–H and O–H groups in total. The molecule has 2 heterocycles. The monoisotopic (exact) mass is 460 g/mol. The lowest BCUT2D eigenvalue weighted by atomic mass is 9.97. The maximum Gasteiger partial charge on any atom is 0.306 e. The third-order valence-corrected chi connectivity index (χ3v) is 6.07. The smallest absolute Gasteiger partial charge is 0.306 e. The molecule has 0 radical (unpaired) electrons. The fraction of sp³-hybridized carbons (Fsp3) is 0.318. The Kier molecular flexibility index (Phi) is 6.34. The Hall–Kier alpha value is -2.77. The Morgan fingerprint density at radius 3 is 2.61 bits per heavy atom. The highest BCUT2D eigenvalue weighted by atomic mass is 35.5. The second kappa shape index (κ2) is 9.16. The fourth-order valence-corrected chi connectivity index (χ4v) is 4.27. The Labute approximate surface area is 189 Å². The van der Waals surface area contributed by atoms with Gasteiger partial charge in [0, 0.05) is 35.4 Å². The molecule has 1 aromatic heterocycles. The van der Waals surface area contributed by atoms with Crippen molar-refractivity contribution in [2.45, 2.75) is 19.4 Å². The maximum absolute atomic E-state index is 11.3. The van der Waals surface area contributed by atoms with Gasteiger partial charge in [-0.2, -0.15) is 0 Å². The minimum atomic E-state index is -0.736. The average Bonchev–Trinajstić information content (AvgIpc) is 2.77. The highest BCUT2D eigenvalue weighted by Gasteiger charge is 2.26. The van der Waals surface area contributed by atoms with Crippen molar-refractivity contribution in [3.63, 3.8) is 0 Å². The van der Waals surface area contributed by atoms with E-state index in [0.29, 0.717) is 54.1 Å². The van der Waals surface area contributed by atoms with Gasteiger partial charge in [0.15, 0.2) is 11.6 Å². The van der Waals surface area contributed by atoms with Crippen molar-refractivity contribution in [1.29, 1.82) is 0 Å². The molecule has 9 heteroatoms. The predicted molar refractivity (Wildman–Crippen MR) is 122 cm³/mol. The normalized spacial score (nSPS) is 14.6. The van der Waals surface area contributed by atoms with Crippen LogP contribution in [0.25, 0.3) is 10.8 Å². The molecule has 0 atom stereocenters. The Balaban J connectivity index is 1.59. The Bertz CT molecular complexity index is 1120. The molecule has 4 rings (SSSR count). The summed E-state index contributed by atoms with van der Waals surface area (Å²) in [5.41, 5.74) is 0.975. The molecule has 1 fully saturated rings. The second-order valence-electron chi connectivity index (χ2n) is 7.48.